The first kappa shape index (κ1) is 18.1. The molecule has 3 rings (SSSR count). The first-order valence-electron chi connectivity index (χ1n) is 7.17. The lowest BCUT2D eigenvalue weighted by Crippen LogP contribution is -2.13. The third kappa shape index (κ3) is 3.95. The summed E-state index contributed by atoms with van der Waals surface area (Å²) >= 11 is 7.92. The molecule has 0 aliphatic rings. The van der Waals surface area contributed by atoms with Crippen LogP contribution in [0.2, 0.25) is 0 Å². The number of nitrogens with two attached hydrogens (primary N) is 1. The predicted octanol–water partition coefficient (Wildman–Crippen LogP) is 4.86. The maximum absolute atomic E-state index is 14.0. The number of rotatable bonds is 3. The van der Waals surface area contributed by atoms with E-state index in [-0.39, 0.29) is 0 Å². The summed E-state index contributed by atoms with van der Waals surface area (Å²) in [5.74, 6) is -0.877. The average molecular weight is 438 g/mol. The van der Waals surface area contributed by atoms with Crippen LogP contribution in [-0.4, -0.2) is 8.42 Å². The van der Waals surface area contributed by atoms with Crippen molar-refractivity contribution < 1.29 is 12.8 Å². The van der Waals surface area contributed by atoms with Gasteiger partial charge in [-0.1, -0.05) is 46.3 Å². The molecule has 25 heavy (non-hydrogen) atoms. The van der Waals surface area contributed by atoms with Gasteiger partial charge in [-0.15, -0.1) is 12.6 Å². The van der Waals surface area contributed by atoms with Crippen LogP contribution in [-0.2, 0) is 10.0 Å². The van der Waals surface area contributed by atoms with E-state index < -0.39 is 20.7 Å². The fourth-order valence-corrected chi connectivity index (χ4v) is 3.69. The normalized spacial score (nSPS) is 11.5. The highest BCUT2D eigenvalue weighted by molar-refractivity contribution is 9.10. The highest BCUT2D eigenvalue weighted by Crippen LogP contribution is 2.32. The fourth-order valence-electron chi connectivity index (χ4n) is 2.50. The quantitative estimate of drug-likeness (QED) is 0.574. The van der Waals surface area contributed by atoms with Gasteiger partial charge in [0.05, 0.1) is 0 Å². The summed E-state index contributed by atoms with van der Waals surface area (Å²) in [6, 6.07) is 17.2. The summed E-state index contributed by atoms with van der Waals surface area (Å²) in [4.78, 5) is 0.213. The van der Waals surface area contributed by atoms with E-state index in [4.69, 9.17) is 5.14 Å². The van der Waals surface area contributed by atoms with E-state index >= 15 is 0 Å². The SMILES string of the molecule is NS(=O)(=O)c1ccc(-c2ccc(-c3ccc(Br)cc3)c(S)c2)cc1F. The maximum Gasteiger partial charge on any atom is 0.240 e. The van der Waals surface area contributed by atoms with E-state index in [2.05, 4.69) is 28.6 Å². The molecule has 0 aliphatic heterocycles. The van der Waals surface area contributed by atoms with E-state index in [0.717, 1.165) is 32.1 Å². The van der Waals surface area contributed by atoms with Crippen LogP contribution in [0.25, 0.3) is 22.3 Å². The van der Waals surface area contributed by atoms with Crippen LogP contribution < -0.4 is 5.14 Å². The monoisotopic (exact) mass is 437 g/mol. The molecule has 0 unspecified atom stereocenters. The molecule has 0 fully saturated rings. The molecule has 0 heterocycles. The molecule has 0 aliphatic carbocycles. The van der Waals surface area contributed by atoms with Crippen LogP contribution >= 0.6 is 28.6 Å². The molecule has 7 heteroatoms. The van der Waals surface area contributed by atoms with Gasteiger partial charge in [-0.05, 0) is 52.6 Å². The molecule has 3 nitrogen and oxygen atoms in total. The minimum absolute atomic E-state index is 0.520. The Morgan fingerprint density at radius 3 is 2.00 bits per heavy atom. The Kier molecular flexibility index (Phi) is 5.02. The number of hydrogen-bond acceptors (Lipinski definition) is 3. The highest BCUT2D eigenvalue weighted by Gasteiger charge is 2.15. The molecule has 0 aromatic heterocycles. The lowest BCUT2D eigenvalue weighted by Gasteiger charge is -2.10. The third-order valence-corrected chi connectivity index (χ3v) is 5.57. The Labute approximate surface area is 159 Å². The van der Waals surface area contributed by atoms with Gasteiger partial charge in [-0.2, -0.15) is 0 Å². The van der Waals surface area contributed by atoms with Crippen molar-refractivity contribution in [2.24, 2.45) is 5.14 Å². The van der Waals surface area contributed by atoms with Crippen molar-refractivity contribution >= 4 is 38.6 Å². The number of hydrogen-bond donors (Lipinski definition) is 2. The molecule has 0 amide bonds. The van der Waals surface area contributed by atoms with Gasteiger partial charge in [0.1, 0.15) is 10.7 Å². The molecule has 0 atom stereocenters. The van der Waals surface area contributed by atoms with Gasteiger partial charge in [-0.3, -0.25) is 0 Å². The van der Waals surface area contributed by atoms with Crippen molar-refractivity contribution in [3.05, 3.63) is 71.0 Å². The highest BCUT2D eigenvalue weighted by atomic mass is 79.9. The lowest BCUT2D eigenvalue weighted by atomic mass is 10.00. The molecule has 0 saturated heterocycles. The molecule has 3 aromatic rings. The minimum atomic E-state index is -4.08. The van der Waals surface area contributed by atoms with Gasteiger partial charge in [0.15, 0.2) is 0 Å². The van der Waals surface area contributed by atoms with Crippen molar-refractivity contribution in [3.63, 3.8) is 0 Å². The average Bonchev–Trinajstić information content (AvgIpc) is 2.54. The van der Waals surface area contributed by atoms with Gasteiger partial charge in [0.2, 0.25) is 10.0 Å². The van der Waals surface area contributed by atoms with Crippen LogP contribution in [0.4, 0.5) is 4.39 Å². The summed E-state index contributed by atoms with van der Waals surface area (Å²) in [6.07, 6.45) is 0. The van der Waals surface area contributed by atoms with E-state index in [1.807, 2.05) is 42.5 Å². The Balaban J connectivity index is 2.01. The first-order valence-corrected chi connectivity index (χ1v) is 9.96. The summed E-state index contributed by atoms with van der Waals surface area (Å²) in [6.45, 7) is 0. The van der Waals surface area contributed by atoms with Crippen molar-refractivity contribution in [2.45, 2.75) is 9.79 Å². The van der Waals surface area contributed by atoms with Gasteiger partial charge >= 0.3 is 0 Å². The van der Waals surface area contributed by atoms with Crippen molar-refractivity contribution in [2.75, 3.05) is 0 Å². The Bertz CT molecular complexity index is 1050. The number of thiol groups is 1. The van der Waals surface area contributed by atoms with E-state index in [1.54, 1.807) is 0 Å². The standard InChI is InChI=1S/C18H13BrFNO2S2/c19-14-5-1-11(2-6-14)15-7-3-13(10-17(15)24)12-4-8-18(16(20)9-12)25(21,22)23/h1-10,24H,(H2,21,22,23). The zero-order valence-electron chi connectivity index (χ0n) is 12.8. The van der Waals surface area contributed by atoms with Crippen LogP contribution in [0.5, 0.6) is 0 Å². The van der Waals surface area contributed by atoms with Gasteiger partial charge in [-0.25, -0.2) is 17.9 Å². The van der Waals surface area contributed by atoms with Crippen LogP contribution in [0, 0.1) is 5.82 Å². The van der Waals surface area contributed by atoms with Crippen LogP contribution in [0.15, 0.2) is 74.9 Å². The summed E-state index contributed by atoms with van der Waals surface area (Å²) in [7, 11) is -4.08. The number of sulfonamides is 1. The van der Waals surface area contributed by atoms with Crippen molar-refractivity contribution in [1.82, 2.24) is 0 Å². The number of benzene rings is 3. The molecule has 0 saturated carbocycles. The van der Waals surface area contributed by atoms with E-state index in [1.165, 1.54) is 12.1 Å². The predicted molar refractivity (Wildman–Crippen MR) is 104 cm³/mol. The zero-order chi connectivity index (χ0) is 18.2. The van der Waals surface area contributed by atoms with Crippen LogP contribution in [0.3, 0.4) is 0 Å². The van der Waals surface area contributed by atoms with Gasteiger partial charge in [0.25, 0.3) is 0 Å². The van der Waals surface area contributed by atoms with Gasteiger partial charge < -0.3 is 0 Å². The molecular weight excluding hydrogens is 425 g/mol. The molecule has 0 bridgehead atoms. The number of primary sulfonamides is 1. The molecular formula is C18H13BrFNO2S2. The smallest absolute Gasteiger partial charge is 0.225 e. The van der Waals surface area contributed by atoms with Crippen molar-refractivity contribution in [3.8, 4) is 22.3 Å². The molecule has 0 spiro atoms. The van der Waals surface area contributed by atoms with Gasteiger partial charge in [0, 0.05) is 9.37 Å². The maximum atomic E-state index is 14.0. The molecule has 0 radical (unpaired) electrons. The summed E-state index contributed by atoms with van der Waals surface area (Å²) in [5, 5.41) is 4.98. The fraction of sp³-hybridized carbons (Fsp3) is 0. The molecule has 3 aromatic carbocycles. The Morgan fingerprint density at radius 1 is 0.880 bits per heavy atom. The first-order chi connectivity index (χ1) is 11.8. The van der Waals surface area contributed by atoms with E-state index in [0.29, 0.717) is 5.56 Å². The summed E-state index contributed by atoms with van der Waals surface area (Å²) < 4.78 is 37.6. The second-order valence-corrected chi connectivity index (χ2v) is 8.36. The molecule has 2 N–H and O–H groups in total. The van der Waals surface area contributed by atoms with E-state index in [9.17, 15) is 12.8 Å². The topological polar surface area (TPSA) is 60.2 Å². The Morgan fingerprint density at radius 2 is 1.44 bits per heavy atom. The Hall–Kier alpha value is -1.67. The lowest BCUT2D eigenvalue weighted by molar-refractivity contribution is 0.568. The molecule has 128 valence electrons. The largest absolute Gasteiger partial charge is 0.240 e. The second-order valence-electron chi connectivity index (χ2n) is 5.43. The number of halogens is 2. The second kappa shape index (κ2) is 6.92. The third-order valence-electron chi connectivity index (χ3n) is 3.72. The summed E-state index contributed by atoms with van der Waals surface area (Å²) in [5.41, 5.74) is 3.23. The zero-order valence-corrected chi connectivity index (χ0v) is 16.1. The van der Waals surface area contributed by atoms with Crippen LogP contribution in [0.1, 0.15) is 0 Å². The van der Waals surface area contributed by atoms with Crippen molar-refractivity contribution in [1.29, 1.82) is 0 Å². The minimum Gasteiger partial charge on any atom is -0.225 e.